The van der Waals surface area contributed by atoms with Gasteiger partial charge in [0.05, 0.1) is 29.4 Å². The molecule has 1 aromatic heterocycles. The number of hydrogen-bond donors (Lipinski definition) is 0. The Kier molecular flexibility index (Phi) is 6.28. The van der Waals surface area contributed by atoms with E-state index in [2.05, 4.69) is 0 Å². The third kappa shape index (κ3) is 4.55. The second-order valence-electron chi connectivity index (χ2n) is 6.27. The third-order valence-electron chi connectivity index (χ3n) is 4.19. The van der Waals surface area contributed by atoms with Crippen molar-refractivity contribution >= 4 is 29.2 Å². The van der Waals surface area contributed by atoms with Gasteiger partial charge in [-0.1, -0.05) is 35.3 Å². The summed E-state index contributed by atoms with van der Waals surface area (Å²) < 4.78 is 46.5. The summed E-state index contributed by atoms with van der Waals surface area (Å²) in [5.74, 6) is -0.843. The lowest BCUT2D eigenvalue weighted by Crippen LogP contribution is -2.25. The van der Waals surface area contributed by atoms with Crippen LogP contribution in [0.3, 0.4) is 0 Å². The van der Waals surface area contributed by atoms with Crippen LogP contribution in [0.2, 0.25) is 10.0 Å². The van der Waals surface area contributed by atoms with E-state index in [4.69, 9.17) is 27.9 Å². The van der Waals surface area contributed by atoms with Gasteiger partial charge in [-0.15, -0.1) is 0 Å². The van der Waals surface area contributed by atoms with Crippen LogP contribution < -0.4 is 5.56 Å². The van der Waals surface area contributed by atoms with Crippen LogP contribution in [0.15, 0.2) is 53.5 Å². The van der Waals surface area contributed by atoms with Gasteiger partial charge >= 0.3 is 12.1 Å². The van der Waals surface area contributed by atoms with Crippen LogP contribution in [-0.2, 0) is 17.5 Å². The monoisotopic (exact) mass is 458 g/mol. The molecule has 0 radical (unpaired) electrons. The van der Waals surface area contributed by atoms with Crippen molar-refractivity contribution in [2.75, 3.05) is 6.61 Å². The Hall–Kier alpha value is -2.71. The van der Waals surface area contributed by atoms with E-state index in [-0.39, 0.29) is 35.0 Å². The van der Waals surface area contributed by atoms with Gasteiger partial charge in [0.25, 0.3) is 5.56 Å². The van der Waals surface area contributed by atoms with Gasteiger partial charge in [0, 0.05) is 11.2 Å². The number of esters is 1. The standard InChI is InChI=1S/C20H15Cl2F3N2O3/c1-2-30-19(29)15-11-26(10-12-4-3-5-13(8-12)20(23,24)25)27(18(15)28)17-7-6-14(21)9-16(17)22/h3-9,11H,2,10H2,1H3. The summed E-state index contributed by atoms with van der Waals surface area (Å²) in [5, 5.41) is 0.460. The molecule has 0 N–H and O–H groups in total. The maximum atomic E-state index is 13.0. The lowest BCUT2D eigenvalue weighted by Gasteiger charge is -2.14. The molecular weight excluding hydrogens is 444 g/mol. The molecule has 0 unspecified atom stereocenters. The van der Waals surface area contributed by atoms with Crippen molar-refractivity contribution in [3.8, 4) is 5.69 Å². The van der Waals surface area contributed by atoms with E-state index in [9.17, 15) is 22.8 Å². The molecule has 0 fully saturated rings. The Morgan fingerprint density at radius 2 is 1.87 bits per heavy atom. The fourth-order valence-electron chi connectivity index (χ4n) is 2.89. The number of aromatic nitrogens is 2. The molecule has 0 saturated heterocycles. The largest absolute Gasteiger partial charge is 0.462 e. The molecule has 10 heteroatoms. The molecule has 0 aliphatic carbocycles. The maximum Gasteiger partial charge on any atom is 0.416 e. The molecule has 2 aromatic carbocycles. The van der Waals surface area contributed by atoms with Crippen molar-refractivity contribution in [2.24, 2.45) is 0 Å². The summed E-state index contributed by atoms with van der Waals surface area (Å²) in [6, 6.07) is 9.07. The molecule has 3 rings (SSSR count). The molecule has 0 bridgehead atoms. The zero-order valence-electron chi connectivity index (χ0n) is 15.5. The quantitative estimate of drug-likeness (QED) is 0.494. The van der Waals surface area contributed by atoms with E-state index < -0.39 is 23.3 Å². The Balaban J connectivity index is 2.15. The van der Waals surface area contributed by atoms with Gasteiger partial charge in [-0.05, 0) is 42.8 Å². The molecule has 5 nitrogen and oxygen atoms in total. The van der Waals surface area contributed by atoms with Crippen LogP contribution in [0.25, 0.3) is 5.69 Å². The number of nitrogens with zero attached hydrogens (tertiary/aromatic N) is 2. The van der Waals surface area contributed by atoms with Crippen molar-refractivity contribution < 1.29 is 22.7 Å². The van der Waals surface area contributed by atoms with Gasteiger partial charge in [-0.3, -0.25) is 9.48 Å². The number of alkyl halides is 3. The van der Waals surface area contributed by atoms with Crippen LogP contribution in [0, 0.1) is 0 Å². The molecule has 0 spiro atoms. The average Bonchev–Trinajstić information content (AvgIpc) is 2.98. The predicted molar refractivity (Wildman–Crippen MR) is 107 cm³/mol. The first kappa shape index (κ1) is 22.0. The van der Waals surface area contributed by atoms with Gasteiger partial charge in [-0.25, -0.2) is 9.48 Å². The van der Waals surface area contributed by atoms with E-state index in [1.807, 2.05) is 0 Å². The number of carbonyl (C=O) groups is 1. The molecule has 1 heterocycles. The lowest BCUT2D eigenvalue weighted by atomic mass is 10.1. The fourth-order valence-corrected chi connectivity index (χ4v) is 3.38. The van der Waals surface area contributed by atoms with Crippen LogP contribution >= 0.6 is 23.2 Å². The Morgan fingerprint density at radius 1 is 1.13 bits per heavy atom. The minimum absolute atomic E-state index is 0.0543. The van der Waals surface area contributed by atoms with E-state index in [0.717, 1.165) is 16.8 Å². The molecule has 0 saturated carbocycles. The summed E-state index contributed by atoms with van der Waals surface area (Å²) in [5.41, 5.74) is -1.32. The first-order valence-corrected chi connectivity index (χ1v) is 9.48. The summed E-state index contributed by atoms with van der Waals surface area (Å²) in [7, 11) is 0. The minimum atomic E-state index is -4.51. The highest BCUT2D eigenvalue weighted by Crippen LogP contribution is 2.30. The smallest absolute Gasteiger partial charge is 0.416 e. The first-order valence-electron chi connectivity index (χ1n) is 8.73. The van der Waals surface area contributed by atoms with Gasteiger partial charge in [0.2, 0.25) is 0 Å². The van der Waals surface area contributed by atoms with Crippen LogP contribution in [0.1, 0.15) is 28.4 Å². The maximum absolute atomic E-state index is 13.0. The predicted octanol–water partition coefficient (Wildman–Crippen LogP) is 5.19. The number of hydrogen-bond acceptors (Lipinski definition) is 3. The van der Waals surface area contributed by atoms with E-state index in [1.54, 1.807) is 6.92 Å². The second-order valence-corrected chi connectivity index (χ2v) is 7.12. The topological polar surface area (TPSA) is 53.2 Å². The minimum Gasteiger partial charge on any atom is -0.462 e. The van der Waals surface area contributed by atoms with Gasteiger partial charge in [-0.2, -0.15) is 13.2 Å². The normalized spacial score (nSPS) is 11.5. The van der Waals surface area contributed by atoms with Crippen molar-refractivity contribution in [1.82, 2.24) is 9.36 Å². The molecule has 0 aliphatic heterocycles. The number of ether oxygens (including phenoxy) is 1. The molecule has 0 aliphatic rings. The SMILES string of the molecule is CCOC(=O)c1cn(Cc2cccc(C(F)(F)F)c2)n(-c2ccc(Cl)cc2Cl)c1=O. The van der Waals surface area contributed by atoms with Crippen LogP contribution in [0.4, 0.5) is 13.2 Å². The summed E-state index contributed by atoms with van der Waals surface area (Å²) in [6.07, 6.45) is -3.28. The summed E-state index contributed by atoms with van der Waals surface area (Å²) in [6.45, 7) is 1.52. The van der Waals surface area contributed by atoms with Crippen molar-refractivity contribution in [1.29, 1.82) is 0 Å². The fraction of sp³-hybridized carbons (Fsp3) is 0.200. The van der Waals surface area contributed by atoms with Gasteiger partial charge < -0.3 is 4.74 Å². The number of carbonyl (C=O) groups excluding carboxylic acids is 1. The molecule has 30 heavy (non-hydrogen) atoms. The zero-order chi connectivity index (χ0) is 22.1. The second kappa shape index (κ2) is 8.57. The summed E-state index contributed by atoms with van der Waals surface area (Å²) >= 11 is 12.1. The van der Waals surface area contributed by atoms with Crippen molar-refractivity contribution in [3.05, 3.63) is 85.8 Å². The van der Waals surface area contributed by atoms with Crippen molar-refractivity contribution in [2.45, 2.75) is 19.6 Å². The molecular formula is C20H15Cl2F3N2O3. The highest BCUT2D eigenvalue weighted by atomic mass is 35.5. The molecule has 0 atom stereocenters. The average molecular weight is 459 g/mol. The number of rotatable bonds is 5. The van der Waals surface area contributed by atoms with E-state index in [1.165, 1.54) is 41.2 Å². The Bertz CT molecular complexity index is 1150. The number of halogens is 5. The van der Waals surface area contributed by atoms with E-state index >= 15 is 0 Å². The van der Waals surface area contributed by atoms with Gasteiger partial charge in [0.15, 0.2) is 0 Å². The van der Waals surface area contributed by atoms with Crippen LogP contribution in [-0.4, -0.2) is 21.9 Å². The molecule has 3 aromatic rings. The Morgan fingerprint density at radius 3 is 2.50 bits per heavy atom. The first-order chi connectivity index (χ1) is 14.1. The van der Waals surface area contributed by atoms with Crippen LogP contribution in [0.5, 0.6) is 0 Å². The van der Waals surface area contributed by atoms with Crippen molar-refractivity contribution in [3.63, 3.8) is 0 Å². The van der Waals surface area contributed by atoms with Gasteiger partial charge in [0.1, 0.15) is 5.56 Å². The highest BCUT2D eigenvalue weighted by molar-refractivity contribution is 6.35. The highest BCUT2D eigenvalue weighted by Gasteiger charge is 2.30. The lowest BCUT2D eigenvalue weighted by molar-refractivity contribution is -0.137. The molecule has 158 valence electrons. The Labute approximate surface area is 179 Å². The van der Waals surface area contributed by atoms with E-state index in [0.29, 0.717) is 5.02 Å². The number of benzene rings is 2. The zero-order valence-corrected chi connectivity index (χ0v) is 17.1. The molecule has 0 amide bonds. The summed E-state index contributed by atoms with van der Waals surface area (Å²) in [4.78, 5) is 25.1. The third-order valence-corrected chi connectivity index (χ3v) is 4.73.